The second-order valence-electron chi connectivity index (χ2n) is 4.24. The van der Waals surface area contributed by atoms with E-state index in [4.69, 9.17) is 4.74 Å². The molecule has 1 fully saturated rings. The molecule has 96 valence electrons. The highest BCUT2D eigenvalue weighted by atomic mass is 16.5. The molecule has 0 radical (unpaired) electrons. The number of hydrogen-bond donors (Lipinski definition) is 0. The molecular formula is C13H16N2O3. The van der Waals surface area contributed by atoms with Gasteiger partial charge >= 0.3 is 5.97 Å². The Morgan fingerprint density at radius 2 is 2.17 bits per heavy atom. The SMILES string of the molecule is CCN1C(=O)C[C@H](C(=O)OC)[C@H]1c1ccncc1. The maximum absolute atomic E-state index is 11.9. The molecule has 1 aliphatic heterocycles. The Labute approximate surface area is 106 Å². The van der Waals surface area contributed by atoms with Crippen molar-refractivity contribution in [2.75, 3.05) is 13.7 Å². The smallest absolute Gasteiger partial charge is 0.311 e. The number of amides is 1. The van der Waals surface area contributed by atoms with Crippen molar-refractivity contribution in [3.8, 4) is 0 Å². The fraction of sp³-hybridized carbons (Fsp3) is 0.462. The fourth-order valence-corrected chi connectivity index (χ4v) is 2.50. The molecule has 0 saturated carbocycles. The molecule has 2 heterocycles. The first-order chi connectivity index (χ1) is 8.69. The number of pyridine rings is 1. The standard InChI is InChI=1S/C13H16N2O3/c1-3-15-11(16)8-10(13(17)18-2)12(15)9-4-6-14-7-5-9/h4-7,10,12H,3,8H2,1-2H3/t10-,12+/m0/s1. The quantitative estimate of drug-likeness (QED) is 0.753. The summed E-state index contributed by atoms with van der Waals surface area (Å²) in [7, 11) is 1.35. The predicted octanol–water partition coefficient (Wildman–Crippen LogP) is 1.16. The summed E-state index contributed by atoms with van der Waals surface area (Å²) in [4.78, 5) is 29.4. The molecule has 2 rings (SSSR count). The van der Waals surface area contributed by atoms with E-state index in [1.165, 1.54) is 7.11 Å². The summed E-state index contributed by atoms with van der Waals surface area (Å²) in [5.41, 5.74) is 0.924. The number of rotatable bonds is 3. The van der Waals surface area contributed by atoms with Gasteiger partial charge in [0.15, 0.2) is 0 Å². The molecule has 0 spiro atoms. The van der Waals surface area contributed by atoms with Crippen LogP contribution >= 0.6 is 0 Å². The van der Waals surface area contributed by atoms with E-state index in [2.05, 4.69) is 4.98 Å². The molecule has 0 N–H and O–H groups in total. The predicted molar refractivity (Wildman–Crippen MR) is 64.5 cm³/mol. The van der Waals surface area contributed by atoms with Gasteiger partial charge in [0, 0.05) is 25.4 Å². The molecule has 1 amide bonds. The average molecular weight is 248 g/mol. The summed E-state index contributed by atoms with van der Waals surface area (Å²) < 4.78 is 4.79. The fourth-order valence-electron chi connectivity index (χ4n) is 2.50. The molecule has 18 heavy (non-hydrogen) atoms. The Hall–Kier alpha value is -1.91. The van der Waals surface area contributed by atoms with Gasteiger partial charge in [-0.2, -0.15) is 0 Å². The first-order valence-electron chi connectivity index (χ1n) is 5.96. The molecule has 1 aromatic rings. The van der Waals surface area contributed by atoms with Crippen molar-refractivity contribution in [1.82, 2.24) is 9.88 Å². The van der Waals surface area contributed by atoms with E-state index in [1.54, 1.807) is 17.3 Å². The number of nitrogens with zero attached hydrogens (tertiary/aromatic N) is 2. The zero-order valence-electron chi connectivity index (χ0n) is 10.5. The van der Waals surface area contributed by atoms with E-state index in [1.807, 2.05) is 19.1 Å². The van der Waals surface area contributed by atoms with Gasteiger partial charge in [-0.25, -0.2) is 0 Å². The molecule has 5 nitrogen and oxygen atoms in total. The summed E-state index contributed by atoms with van der Waals surface area (Å²) in [6.45, 7) is 2.49. The van der Waals surface area contributed by atoms with E-state index in [9.17, 15) is 9.59 Å². The number of likely N-dealkylation sites (tertiary alicyclic amines) is 1. The van der Waals surface area contributed by atoms with Crippen LogP contribution < -0.4 is 0 Å². The molecule has 5 heteroatoms. The third-order valence-electron chi connectivity index (χ3n) is 3.32. The lowest BCUT2D eigenvalue weighted by molar-refractivity contribution is -0.146. The number of carbonyl (C=O) groups is 2. The third-order valence-corrected chi connectivity index (χ3v) is 3.32. The van der Waals surface area contributed by atoms with Crippen molar-refractivity contribution >= 4 is 11.9 Å². The van der Waals surface area contributed by atoms with E-state index in [-0.39, 0.29) is 24.3 Å². The molecule has 1 aromatic heterocycles. The molecule has 1 saturated heterocycles. The van der Waals surface area contributed by atoms with Gasteiger partial charge in [0.2, 0.25) is 5.91 Å². The van der Waals surface area contributed by atoms with Gasteiger partial charge in [-0.05, 0) is 24.6 Å². The number of esters is 1. The Balaban J connectivity index is 2.37. The van der Waals surface area contributed by atoms with E-state index >= 15 is 0 Å². The van der Waals surface area contributed by atoms with Crippen LogP contribution in [0.25, 0.3) is 0 Å². The number of ether oxygens (including phenoxy) is 1. The maximum Gasteiger partial charge on any atom is 0.311 e. The second-order valence-corrected chi connectivity index (χ2v) is 4.24. The molecule has 0 aliphatic carbocycles. The Morgan fingerprint density at radius 3 is 2.72 bits per heavy atom. The van der Waals surface area contributed by atoms with Crippen LogP contribution in [0.15, 0.2) is 24.5 Å². The minimum atomic E-state index is -0.426. The molecule has 0 bridgehead atoms. The normalized spacial score (nSPS) is 23.2. The van der Waals surface area contributed by atoms with Gasteiger partial charge < -0.3 is 9.64 Å². The summed E-state index contributed by atoms with van der Waals surface area (Å²) in [6.07, 6.45) is 3.55. The lowest BCUT2D eigenvalue weighted by Gasteiger charge is -2.26. The minimum Gasteiger partial charge on any atom is -0.469 e. The van der Waals surface area contributed by atoms with E-state index in [0.717, 1.165) is 5.56 Å². The van der Waals surface area contributed by atoms with Crippen LogP contribution in [0.5, 0.6) is 0 Å². The minimum absolute atomic E-state index is 0.00490. The number of hydrogen-bond acceptors (Lipinski definition) is 4. The highest BCUT2D eigenvalue weighted by molar-refractivity contribution is 5.88. The van der Waals surface area contributed by atoms with Crippen LogP contribution in [0.1, 0.15) is 24.9 Å². The van der Waals surface area contributed by atoms with Crippen molar-refractivity contribution < 1.29 is 14.3 Å². The van der Waals surface area contributed by atoms with Crippen molar-refractivity contribution in [3.05, 3.63) is 30.1 Å². The van der Waals surface area contributed by atoms with Crippen LogP contribution in [0.2, 0.25) is 0 Å². The number of methoxy groups -OCH3 is 1. The van der Waals surface area contributed by atoms with Gasteiger partial charge in [0.1, 0.15) is 0 Å². The van der Waals surface area contributed by atoms with E-state index in [0.29, 0.717) is 6.54 Å². The van der Waals surface area contributed by atoms with Crippen molar-refractivity contribution in [2.45, 2.75) is 19.4 Å². The van der Waals surface area contributed by atoms with Crippen molar-refractivity contribution in [2.24, 2.45) is 5.92 Å². The second kappa shape index (κ2) is 5.16. The Kier molecular flexibility index (Phi) is 3.60. The number of carbonyl (C=O) groups excluding carboxylic acids is 2. The van der Waals surface area contributed by atoms with Crippen LogP contribution in [0, 0.1) is 5.92 Å². The van der Waals surface area contributed by atoms with Crippen LogP contribution in [-0.4, -0.2) is 35.4 Å². The number of aromatic nitrogens is 1. The monoisotopic (exact) mass is 248 g/mol. The summed E-state index contributed by atoms with van der Waals surface area (Å²) in [6, 6.07) is 3.43. The molecule has 0 unspecified atom stereocenters. The maximum atomic E-state index is 11.9. The molecular weight excluding hydrogens is 232 g/mol. The lowest BCUT2D eigenvalue weighted by atomic mass is 9.94. The molecule has 2 atom stereocenters. The highest BCUT2D eigenvalue weighted by Crippen LogP contribution is 2.38. The first-order valence-corrected chi connectivity index (χ1v) is 5.96. The topological polar surface area (TPSA) is 59.5 Å². The highest BCUT2D eigenvalue weighted by Gasteiger charge is 2.44. The zero-order valence-corrected chi connectivity index (χ0v) is 10.5. The van der Waals surface area contributed by atoms with Gasteiger partial charge in [-0.3, -0.25) is 14.6 Å². The lowest BCUT2D eigenvalue weighted by Crippen LogP contribution is -2.30. The van der Waals surface area contributed by atoms with Crippen molar-refractivity contribution in [1.29, 1.82) is 0 Å². The summed E-state index contributed by atoms with van der Waals surface area (Å²) in [5, 5.41) is 0. The van der Waals surface area contributed by atoms with Crippen LogP contribution in [0.4, 0.5) is 0 Å². The van der Waals surface area contributed by atoms with Crippen LogP contribution in [-0.2, 0) is 14.3 Å². The Morgan fingerprint density at radius 1 is 1.50 bits per heavy atom. The van der Waals surface area contributed by atoms with Gasteiger partial charge in [0.05, 0.1) is 19.1 Å². The summed E-state index contributed by atoms with van der Waals surface area (Å²) in [5.74, 6) is -0.763. The zero-order chi connectivity index (χ0) is 13.1. The Bertz CT molecular complexity index is 445. The van der Waals surface area contributed by atoms with Gasteiger partial charge in [-0.15, -0.1) is 0 Å². The third kappa shape index (κ3) is 2.08. The van der Waals surface area contributed by atoms with Crippen molar-refractivity contribution in [3.63, 3.8) is 0 Å². The van der Waals surface area contributed by atoms with E-state index < -0.39 is 5.92 Å². The molecule has 1 aliphatic rings. The molecule has 0 aromatic carbocycles. The van der Waals surface area contributed by atoms with Gasteiger partial charge in [0.25, 0.3) is 0 Å². The largest absolute Gasteiger partial charge is 0.469 e. The average Bonchev–Trinajstić information content (AvgIpc) is 2.75. The van der Waals surface area contributed by atoms with Crippen LogP contribution in [0.3, 0.4) is 0 Å². The van der Waals surface area contributed by atoms with Gasteiger partial charge in [-0.1, -0.05) is 0 Å². The first kappa shape index (κ1) is 12.5. The summed E-state index contributed by atoms with van der Waals surface area (Å²) >= 11 is 0.